The molecule has 0 spiro atoms. The van der Waals surface area contributed by atoms with E-state index in [0.717, 1.165) is 16.0 Å². The number of benzene rings is 1. The number of ether oxygens (including phenoxy) is 1. The molecule has 1 amide bonds. The Labute approximate surface area is 179 Å². The maximum atomic E-state index is 12.6. The van der Waals surface area contributed by atoms with Gasteiger partial charge < -0.3 is 20.1 Å². The predicted molar refractivity (Wildman–Crippen MR) is 101 cm³/mol. The summed E-state index contributed by atoms with van der Waals surface area (Å²) < 4.78 is 79.2. The van der Waals surface area contributed by atoms with Crippen LogP contribution in [0.3, 0.4) is 0 Å². The second kappa shape index (κ2) is 9.84. The molecule has 1 heterocycles. The summed E-state index contributed by atoms with van der Waals surface area (Å²) in [5, 5.41) is 12.0. The van der Waals surface area contributed by atoms with Crippen molar-refractivity contribution in [2.24, 2.45) is 0 Å². The minimum Gasteiger partial charge on any atom is -0.480 e. The van der Waals surface area contributed by atoms with Crippen molar-refractivity contribution < 1.29 is 45.8 Å². The van der Waals surface area contributed by atoms with Crippen LogP contribution in [0.2, 0.25) is 0 Å². The number of hydrogen-bond acceptors (Lipinski definition) is 5. The Kier molecular flexibility index (Phi) is 7.86. The van der Waals surface area contributed by atoms with Gasteiger partial charge in [0.2, 0.25) is 0 Å². The van der Waals surface area contributed by atoms with Gasteiger partial charge in [-0.05, 0) is 31.0 Å². The molecule has 180 valence electrons. The SMILES string of the molecule is Cc1ccc(CN2CCN(C(=O)OC(C(F)(F)F)C(F)(F)F)CC2)c(N[C@@H](C)C(=O)O)c1. The van der Waals surface area contributed by atoms with Crippen LogP contribution in [0.5, 0.6) is 0 Å². The normalized spacial score (nSPS) is 16.7. The monoisotopic (exact) mass is 471 g/mol. The van der Waals surface area contributed by atoms with E-state index in [-0.39, 0.29) is 26.2 Å². The first-order valence-electron chi connectivity index (χ1n) is 9.58. The summed E-state index contributed by atoms with van der Waals surface area (Å²) in [5.41, 5.74) is 2.25. The first-order chi connectivity index (χ1) is 14.7. The highest BCUT2D eigenvalue weighted by Gasteiger charge is 2.60. The van der Waals surface area contributed by atoms with Crippen LogP contribution >= 0.6 is 0 Å². The Bertz CT molecular complexity index is 808. The molecule has 0 aliphatic carbocycles. The quantitative estimate of drug-likeness (QED) is 0.617. The third-order valence-electron chi connectivity index (χ3n) is 4.85. The van der Waals surface area contributed by atoms with Gasteiger partial charge in [0.1, 0.15) is 6.04 Å². The number of alkyl halides is 6. The summed E-state index contributed by atoms with van der Waals surface area (Å²) in [7, 11) is 0. The molecule has 1 saturated heterocycles. The molecule has 2 N–H and O–H groups in total. The van der Waals surface area contributed by atoms with E-state index >= 15 is 0 Å². The number of halogens is 6. The van der Waals surface area contributed by atoms with Crippen LogP contribution in [0.4, 0.5) is 36.8 Å². The molecule has 1 aliphatic rings. The lowest BCUT2D eigenvalue weighted by Crippen LogP contribution is -2.52. The second-order valence-electron chi connectivity index (χ2n) is 7.48. The number of aryl methyl sites for hydroxylation is 1. The predicted octanol–water partition coefficient (Wildman–Crippen LogP) is 3.63. The van der Waals surface area contributed by atoms with E-state index in [4.69, 9.17) is 5.11 Å². The number of nitrogens with zero attached hydrogens (tertiary/aromatic N) is 2. The molecule has 1 atom stereocenters. The Morgan fingerprint density at radius 2 is 1.66 bits per heavy atom. The average molecular weight is 471 g/mol. The fourth-order valence-electron chi connectivity index (χ4n) is 3.08. The molecule has 2 rings (SSSR count). The second-order valence-corrected chi connectivity index (χ2v) is 7.48. The van der Waals surface area contributed by atoms with Crippen molar-refractivity contribution in [2.75, 3.05) is 31.5 Å². The molecule has 0 radical (unpaired) electrons. The summed E-state index contributed by atoms with van der Waals surface area (Å²) >= 11 is 0. The van der Waals surface area contributed by atoms with E-state index in [9.17, 15) is 35.9 Å². The number of nitrogens with one attached hydrogen (secondary N) is 1. The van der Waals surface area contributed by atoms with E-state index in [1.54, 1.807) is 12.1 Å². The van der Waals surface area contributed by atoms with Crippen LogP contribution in [0.15, 0.2) is 18.2 Å². The molecule has 0 aromatic heterocycles. The highest BCUT2D eigenvalue weighted by atomic mass is 19.4. The molecule has 1 fully saturated rings. The van der Waals surface area contributed by atoms with E-state index in [0.29, 0.717) is 12.2 Å². The minimum atomic E-state index is -5.77. The maximum Gasteiger partial charge on any atom is 0.434 e. The van der Waals surface area contributed by atoms with Crippen molar-refractivity contribution in [1.29, 1.82) is 0 Å². The molecule has 32 heavy (non-hydrogen) atoms. The number of rotatable bonds is 6. The number of carboxylic acid groups (broad SMARTS) is 1. The van der Waals surface area contributed by atoms with Crippen LogP contribution in [0, 0.1) is 6.92 Å². The zero-order chi connectivity index (χ0) is 24.3. The highest BCUT2D eigenvalue weighted by molar-refractivity contribution is 5.77. The van der Waals surface area contributed by atoms with Gasteiger partial charge in [-0.3, -0.25) is 9.69 Å². The number of piperazine rings is 1. The highest BCUT2D eigenvalue weighted by Crippen LogP contribution is 2.36. The van der Waals surface area contributed by atoms with E-state index in [1.165, 1.54) is 6.92 Å². The van der Waals surface area contributed by atoms with Gasteiger partial charge in [-0.1, -0.05) is 12.1 Å². The molecule has 0 saturated carbocycles. The first kappa shape index (κ1) is 25.6. The van der Waals surface area contributed by atoms with Crippen molar-refractivity contribution in [3.8, 4) is 0 Å². The smallest absolute Gasteiger partial charge is 0.434 e. The fourth-order valence-corrected chi connectivity index (χ4v) is 3.08. The number of hydrogen-bond donors (Lipinski definition) is 2. The van der Waals surface area contributed by atoms with Gasteiger partial charge in [0.05, 0.1) is 0 Å². The Morgan fingerprint density at radius 3 is 2.16 bits per heavy atom. The molecule has 1 aromatic carbocycles. The largest absolute Gasteiger partial charge is 0.480 e. The topological polar surface area (TPSA) is 82.1 Å². The zero-order valence-electron chi connectivity index (χ0n) is 17.3. The number of amides is 1. The van der Waals surface area contributed by atoms with E-state index in [2.05, 4.69) is 10.1 Å². The van der Waals surface area contributed by atoms with Crippen molar-refractivity contribution in [2.45, 2.75) is 44.9 Å². The molecule has 1 aromatic rings. The molecule has 0 bridgehead atoms. The van der Waals surface area contributed by atoms with E-state index in [1.807, 2.05) is 17.9 Å². The molecule has 7 nitrogen and oxygen atoms in total. The van der Waals surface area contributed by atoms with Crippen LogP contribution in [0.1, 0.15) is 18.1 Å². The van der Waals surface area contributed by atoms with Crippen LogP contribution < -0.4 is 5.32 Å². The summed E-state index contributed by atoms with van der Waals surface area (Å²) in [6, 6.07) is 4.55. The molecule has 0 unspecified atom stereocenters. The maximum absolute atomic E-state index is 12.6. The lowest BCUT2D eigenvalue weighted by molar-refractivity contribution is -0.308. The zero-order valence-corrected chi connectivity index (χ0v) is 17.3. The number of aliphatic carboxylic acids is 1. The third-order valence-corrected chi connectivity index (χ3v) is 4.85. The Morgan fingerprint density at radius 1 is 1.09 bits per heavy atom. The minimum absolute atomic E-state index is 0.124. The fraction of sp³-hybridized carbons (Fsp3) is 0.579. The third kappa shape index (κ3) is 6.90. The summed E-state index contributed by atoms with van der Waals surface area (Å²) in [6.45, 7) is 3.77. The lowest BCUT2D eigenvalue weighted by Gasteiger charge is -2.35. The Balaban J connectivity index is 1.99. The van der Waals surface area contributed by atoms with Gasteiger partial charge in [0.25, 0.3) is 6.10 Å². The van der Waals surface area contributed by atoms with Crippen molar-refractivity contribution >= 4 is 17.7 Å². The summed E-state index contributed by atoms with van der Waals surface area (Å²) in [6.07, 6.45) is -17.4. The van der Waals surface area contributed by atoms with Crippen molar-refractivity contribution in [1.82, 2.24) is 9.80 Å². The lowest BCUT2D eigenvalue weighted by atomic mass is 10.1. The van der Waals surface area contributed by atoms with Gasteiger partial charge in [-0.25, -0.2) is 4.79 Å². The number of anilines is 1. The van der Waals surface area contributed by atoms with E-state index < -0.39 is 36.6 Å². The first-order valence-corrected chi connectivity index (χ1v) is 9.58. The van der Waals surface area contributed by atoms with Crippen LogP contribution in [-0.2, 0) is 16.1 Å². The van der Waals surface area contributed by atoms with Crippen LogP contribution in [-0.4, -0.2) is 77.6 Å². The van der Waals surface area contributed by atoms with Gasteiger partial charge in [0.15, 0.2) is 0 Å². The van der Waals surface area contributed by atoms with Gasteiger partial charge in [-0.15, -0.1) is 0 Å². The summed E-state index contributed by atoms with van der Waals surface area (Å²) in [4.78, 5) is 25.6. The molecule has 13 heteroatoms. The van der Waals surface area contributed by atoms with Gasteiger partial charge >= 0.3 is 24.4 Å². The molecule has 1 aliphatic heterocycles. The molecular formula is C19H23F6N3O4. The van der Waals surface area contributed by atoms with Crippen LogP contribution in [0.25, 0.3) is 0 Å². The van der Waals surface area contributed by atoms with Crippen molar-refractivity contribution in [3.05, 3.63) is 29.3 Å². The standard InChI is InChI=1S/C19H23F6N3O4/c1-11-3-4-13(14(9-11)26-12(2)15(29)30)10-27-5-7-28(8-6-27)17(31)32-16(18(20,21)22)19(23,24)25/h3-4,9,12,16,26H,5-8,10H2,1-2H3,(H,29,30)/t12-/m0/s1. The number of carbonyl (C=O) groups is 2. The van der Waals surface area contributed by atoms with Crippen molar-refractivity contribution in [3.63, 3.8) is 0 Å². The number of carboxylic acids is 1. The molecular weight excluding hydrogens is 448 g/mol. The van der Waals surface area contributed by atoms with Gasteiger partial charge in [0, 0.05) is 38.4 Å². The Hall–Kier alpha value is -2.70. The number of carbonyl (C=O) groups excluding carboxylic acids is 1. The van der Waals surface area contributed by atoms with Gasteiger partial charge in [-0.2, -0.15) is 26.3 Å². The average Bonchev–Trinajstić information content (AvgIpc) is 2.66. The summed E-state index contributed by atoms with van der Waals surface area (Å²) in [5.74, 6) is -1.04.